The Morgan fingerprint density at radius 1 is 1.50 bits per heavy atom. The second-order valence-corrected chi connectivity index (χ2v) is 4.82. The smallest absolute Gasteiger partial charge is 0.343 e. The number of rotatable bonds is 4. The minimum Gasteiger partial charge on any atom is -0.384 e. The zero-order chi connectivity index (χ0) is 14.9. The highest BCUT2D eigenvalue weighted by Gasteiger charge is 2.17. The molecule has 0 aliphatic rings. The van der Waals surface area contributed by atoms with Gasteiger partial charge < -0.3 is 5.73 Å². The molecule has 20 heavy (non-hydrogen) atoms. The van der Waals surface area contributed by atoms with E-state index in [-0.39, 0.29) is 15.6 Å². The summed E-state index contributed by atoms with van der Waals surface area (Å²) in [5.74, 6) is -2.15. The maximum Gasteiger partial charge on any atom is 0.343 e. The van der Waals surface area contributed by atoms with Gasteiger partial charge in [0, 0.05) is 12.1 Å². The van der Waals surface area contributed by atoms with Crippen LogP contribution in [0.25, 0.3) is 0 Å². The molecule has 0 aliphatic heterocycles. The molecule has 0 saturated carbocycles. The third-order valence-corrected chi connectivity index (χ3v) is 3.63. The van der Waals surface area contributed by atoms with Crippen LogP contribution in [-0.4, -0.2) is 20.6 Å². The number of hydrogen-bond donors (Lipinski definition) is 3. The molecule has 0 fully saturated rings. The molecule has 0 radical (unpaired) electrons. The summed E-state index contributed by atoms with van der Waals surface area (Å²) in [7, 11) is 0. The van der Waals surface area contributed by atoms with E-state index in [0.29, 0.717) is 18.3 Å². The fourth-order valence-electron chi connectivity index (χ4n) is 1.56. The summed E-state index contributed by atoms with van der Waals surface area (Å²) in [4.78, 5) is 11.1. The molecular weight excluding hydrogens is 288 g/mol. The molecule has 0 aliphatic carbocycles. The summed E-state index contributed by atoms with van der Waals surface area (Å²) in [5.41, 5.74) is 4.69. The lowest BCUT2D eigenvalue weighted by atomic mass is 10.2. The van der Waals surface area contributed by atoms with Crippen molar-refractivity contribution in [3.8, 4) is 0 Å². The van der Waals surface area contributed by atoms with Gasteiger partial charge in [0.2, 0.25) is 0 Å². The average molecular weight is 299 g/mol. The second kappa shape index (κ2) is 5.45. The number of benzene rings is 1. The molecule has 1 aromatic carbocycles. The molecule has 106 valence electrons. The molecule has 1 aromatic heterocycles. The molecule has 0 spiro atoms. The van der Waals surface area contributed by atoms with Crippen molar-refractivity contribution in [3.05, 3.63) is 39.8 Å². The standard InChI is InChI=1S/C11H11F2N5OS/c1-2-18-10(19)16-17-11(18)20-8-6(12)3-5(9(14)15)4-7(8)13/h3-4H,2H2,1H3,(H3,14,15)(H,16,19). The highest BCUT2D eigenvalue weighted by Crippen LogP contribution is 2.31. The van der Waals surface area contributed by atoms with Crippen molar-refractivity contribution in [1.82, 2.24) is 14.8 Å². The zero-order valence-corrected chi connectivity index (χ0v) is 11.2. The van der Waals surface area contributed by atoms with Gasteiger partial charge in [-0.25, -0.2) is 18.7 Å². The Morgan fingerprint density at radius 3 is 2.60 bits per heavy atom. The number of aromatic nitrogens is 3. The summed E-state index contributed by atoms with van der Waals surface area (Å²) >= 11 is 0.693. The zero-order valence-electron chi connectivity index (χ0n) is 10.4. The Morgan fingerprint density at radius 2 is 2.10 bits per heavy atom. The number of nitrogens with zero attached hydrogens (tertiary/aromatic N) is 2. The van der Waals surface area contributed by atoms with Crippen LogP contribution < -0.4 is 11.4 Å². The predicted molar refractivity (Wildman–Crippen MR) is 70.0 cm³/mol. The second-order valence-electron chi connectivity index (χ2n) is 3.84. The number of halogens is 2. The van der Waals surface area contributed by atoms with Crippen LogP contribution in [-0.2, 0) is 6.54 Å². The first kappa shape index (κ1) is 14.3. The number of nitrogens with two attached hydrogens (primary N) is 1. The van der Waals surface area contributed by atoms with Gasteiger partial charge in [-0.15, -0.1) is 5.10 Å². The van der Waals surface area contributed by atoms with E-state index < -0.39 is 23.2 Å². The maximum absolute atomic E-state index is 13.9. The Kier molecular flexibility index (Phi) is 3.89. The van der Waals surface area contributed by atoms with E-state index in [1.165, 1.54) is 4.57 Å². The Bertz CT molecular complexity index is 701. The molecule has 0 bridgehead atoms. The fraction of sp³-hybridized carbons (Fsp3) is 0.182. The number of aromatic amines is 1. The fourth-order valence-corrected chi connectivity index (χ4v) is 2.47. The topological polar surface area (TPSA) is 101 Å². The molecule has 6 nitrogen and oxygen atoms in total. The van der Waals surface area contributed by atoms with Gasteiger partial charge in [0.05, 0.1) is 4.90 Å². The van der Waals surface area contributed by atoms with Crippen molar-refractivity contribution < 1.29 is 8.78 Å². The largest absolute Gasteiger partial charge is 0.384 e. The van der Waals surface area contributed by atoms with Gasteiger partial charge in [0.15, 0.2) is 5.16 Å². The first-order chi connectivity index (χ1) is 9.43. The van der Waals surface area contributed by atoms with Crippen molar-refractivity contribution in [2.45, 2.75) is 23.5 Å². The van der Waals surface area contributed by atoms with Crippen molar-refractivity contribution in [2.75, 3.05) is 0 Å². The van der Waals surface area contributed by atoms with Crippen LogP contribution in [0, 0.1) is 17.0 Å². The van der Waals surface area contributed by atoms with Crippen LogP contribution in [0.5, 0.6) is 0 Å². The molecular formula is C11H11F2N5OS. The minimum atomic E-state index is -0.863. The lowest BCUT2D eigenvalue weighted by Crippen LogP contribution is -2.16. The quantitative estimate of drug-likeness (QED) is 0.585. The summed E-state index contributed by atoms with van der Waals surface area (Å²) < 4.78 is 29.0. The van der Waals surface area contributed by atoms with Gasteiger partial charge in [-0.05, 0) is 30.8 Å². The van der Waals surface area contributed by atoms with Crippen molar-refractivity contribution >= 4 is 17.6 Å². The Balaban J connectivity index is 2.44. The Hall–Kier alpha value is -2.16. The van der Waals surface area contributed by atoms with Gasteiger partial charge in [-0.1, -0.05) is 0 Å². The average Bonchev–Trinajstić information content (AvgIpc) is 2.73. The third kappa shape index (κ3) is 2.57. The Labute approximate surface area is 116 Å². The van der Waals surface area contributed by atoms with Crippen LogP contribution >= 0.6 is 11.8 Å². The number of nitrogens with one attached hydrogen (secondary N) is 2. The molecule has 2 rings (SSSR count). The van der Waals surface area contributed by atoms with Crippen LogP contribution in [0.15, 0.2) is 27.0 Å². The molecule has 0 atom stereocenters. The van der Waals surface area contributed by atoms with E-state index in [2.05, 4.69) is 10.2 Å². The van der Waals surface area contributed by atoms with E-state index >= 15 is 0 Å². The molecule has 0 saturated heterocycles. The van der Waals surface area contributed by atoms with Crippen molar-refractivity contribution in [3.63, 3.8) is 0 Å². The van der Waals surface area contributed by atoms with Crippen molar-refractivity contribution in [1.29, 1.82) is 5.41 Å². The number of nitrogen functional groups attached to an aromatic ring is 1. The van der Waals surface area contributed by atoms with Gasteiger partial charge in [0.25, 0.3) is 0 Å². The summed E-state index contributed by atoms with van der Waals surface area (Å²) in [6.07, 6.45) is 0. The molecule has 0 unspecified atom stereocenters. The minimum absolute atomic E-state index is 0.0424. The SMILES string of the molecule is CCn1c(Sc2c(F)cc(C(=N)N)cc2F)n[nH]c1=O. The van der Waals surface area contributed by atoms with E-state index in [1.807, 2.05) is 0 Å². The predicted octanol–water partition coefficient (Wildman–Crippen LogP) is 1.30. The highest BCUT2D eigenvalue weighted by molar-refractivity contribution is 7.99. The van der Waals surface area contributed by atoms with E-state index in [1.54, 1.807) is 6.92 Å². The van der Waals surface area contributed by atoms with Crippen LogP contribution in [0.4, 0.5) is 8.78 Å². The lowest BCUT2D eigenvalue weighted by Gasteiger charge is -2.07. The first-order valence-electron chi connectivity index (χ1n) is 5.60. The van der Waals surface area contributed by atoms with Crippen molar-refractivity contribution in [2.24, 2.45) is 5.73 Å². The maximum atomic E-state index is 13.9. The number of amidine groups is 1. The van der Waals surface area contributed by atoms with Gasteiger partial charge in [-0.3, -0.25) is 9.98 Å². The molecule has 1 heterocycles. The first-order valence-corrected chi connectivity index (χ1v) is 6.42. The van der Waals surface area contributed by atoms with E-state index in [0.717, 1.165) is 12.1 Å². The highest BCUT2D eigenvalue weighted by atomic mass is 32.2. The van der Waals surface area contributed by atoms with Crippen LogP contribution in [0.1, 0.15) is 12.5 Å². The van der Waals surface area contributed by atoms with Crippen LogP contribution in [0.2, 0.25) is 0 Å². The molecule has 4 N–H and O–H groups in total. The molecule has 2 aromatic rings. The number of hydrogen-bond acceptors (Lipinski definition) is 4. The summed E-state index contributed by atoms with van der Waals surface area (Å²) in [6.45, 7) is 2.04. The van der Waals surface area contributed by atoms with Gasteiger partial charge in [0.1, 0.15) is 17.5 Å². The molecule has 0 amide bonds. The number of H-pyrrole nitrogens is 1. The third-order valence-electron chi connectivity index (χ3n) is 2.54. The van der Waals surface area contributed by atoms with Gasteiger partial charge >= 0.3 is 5.69 Å². The lowest BCUT2D eigenvalue weighted by molar-refractivity contribution is 0.538. The van der Waals surface area contributed by atoms with E-state index in [9.17, 15) is 13.6 Å². The molecule has 9 heteroatoms. The summed E-state index contributed by atoms with van der Waals surface area (Å²) in [5, 5.41) is 13.2. The summed E-state index contributed by atoms with van der Waals surface area (Å²) in [6, 6.07) is 1.93. The van der Waals surface area contributed by atoms with E-state index in [4.69, 9.17) is 11.1 Å². The monoisotopic (exact) mass is 299 g/mol. The normalized spacial score (nSPS) is 10.8. The van der Waals surface area contributed by atoms with Crippen LogP contribution in [0.3, 0.4) is 0 Å². The van der Waals surface area contributed by atoms with Gasteiger partial charge in [-0.2, -0.15) is 0 Å².